The molecule has 122 valence electrons. The molecule has 0 aromatic heterocycles. The molecule has 1 rings (SSSR count). The van der Waals surface area contributed by atoms with Crippen LogP contribution in [-0.4, -0.2) is 58.0 Å². The summed E-state index contributed by atoms with van der Waals surface area (Å²) in [4.78, 5) is 25.8. The largest absolute Gasteiger partial charge is 0.518 e. The minimum absolute atomic E-state index is 0.108. The number of nitrogens with zero attached hydrogens (tertiary/aromatic N) is 1. The maximum atomic E-state index is 12.3. The van der Waals surface area contributed by atoms with Gasteiger partial charge >= 0.3 is 5.97 Å². The van der Waals surface area contributed by atoms with E-state index in [0.717, 1.165) is 0 Å². The van der Waals surface area contributed by atoms with Crippen molar-refractivity contribution in [3.8, 4) is 0 Å². The van der Waals surface area contributed by atoms with E-state index in [-0.39, 0.29) is 23.9 Å². The number of rotatable bonds is 5. The molecule has 0 N–H and O–H groups in total. The summed E-state index contributed by atoms with van der Waals surface area (Å²) in [6.07, 6.45) is 0.388. The minimum atomic E-state index is -1.98. The van der Waals surface area contributed by atoms with Crippen molar-refractivity contribution in [3.05, 3.63) is 0 Å². The lowest BCUT2D eigenvalue weighted by Gasteiger charge is -2.26. The van der Waals surface area contributed by atoms with Crippen molar-refractivity contribution in [2.75, 3.05) is 12.4 Å². The van der Waals surface area contributed by atoms with E-state index in [1.165, 1.54) is 4.90 Å². The van der Waals surface area contributed by atoms with Crippen LogP contribution >= 0.6 is 11.6 Å². The van der Waals surface area contributed by atoms with Gasteiger partial charge in [0.15, 0.2) is 8.32 Å². The third-order valence-corrected chi connectivity index (χ3v) is 4.98. The molecule has 1 aliphatic rings. The molecule has 0 unspecified atom stereocenters. The summed E-state index contributed by atoms with van der Waals surface area (Å²) in [6.45, 7) is 12.5. The average molecular weight is 352 g/mol. The molecule has 0 bridgehead atoms. The molecule has 8 heteroatoms. The summed E-state index contributed by atoms with van der Waals surface area (Å²) in [5.74, 6) is -0.693. The molecule has 0 aliphatic carbocycles. The minimum Gasteiger partial charge on any atom is -0.518 e. The Morgan fingerprint density at radius 2 is 1.71 bits per heavy atom. The first-order chi connectivity index (χ1) is 9.43. The molecule has 2 atom stereocenters. The topological polar surface area (TPSA) is 55.8 Å². The first-order valence-corrected chi connectivity index (χ1v) is 14.5. The van der Waals surface area contributed by atoms with Crippen molar-refractivity contribution in [2.45, 2.75) is 57.8 Å². The summed E-state index contributed by atoms with van der Waals surface area (Å²) in [5, 5.41) is 0. The van der Waals surface area contributed by atoms with Gasteiger partial charge in [-0.05, 0) is 39.3 Å². The van der Waals surface area contributed by atoms with E-state index in [1.807, 2.05) is 19.6 Å². The molecule has 1 heterocycles. The third-order valence-electron chi connectivity index (χ3n) is 2.90. The zero-order valence-electron chi connectivity index (χ0n) is 13.7. The van der Waals surface area contributed by atoms with E-state index < -0.39 is 22.7 Å². The fraction of sp³-hybridized carbons (Fsp3) is 0.846. The fourth-order valence-corrected chi connectivity index (χ4v) is 4.39. The Morgan fingerprint density at radius 1 is 1.14 bits per heavy atom. The van der Waals surface area contributed by atoms with Crippen molar-refractivity contribution >= 4 is 40.1 Å². The second-order valence-electron chi connectivity index (χ2n) is 7.32. The number of halogens is 1. The molecule has 0 radical (unpaired) electrons. The smallest absolute Gasteiger partial charge is 0.315 e. The van der Waals surface area contributed by atoms with Gasteiger partial charge in [-0.3, -0.25) is 9.59 Å². The van der Waals surface area contributed by atoms with Gasteiger partial charge in [0, 0.05) is 13.0 Å². The van der Waals surface area contributed by atoms with Gasteiger partial charge in [-0.15, -0.1) is 11.6 Å². The van der Waals surface area contributed by atoms with Gasteiger partial charge in [0.2, 0.25) is 14.2 Å². The quantitative estimate of drug-likeness (QED) is 0.564. The predicted octanol–water partition coefficient (Wildman–Crippen LogP) is 2.42. The highest BCUT2D eigenvalue weighted by Crippen LogP contribution is 2.25. The molecule has 0 aromatic carbocycles. The maximum Gasteiger partial charge on any atom is 0.315 e. The lowest BCUT2D eigenvalue weighted by molar-refractivity contribution is -0.145. The molecule has 1 fully saturated rings. The molecule has 1 aliphatic heterocycles. The normalized spacial score (nSPS) is 23.3. The Hall–Kier alpha value is -0.376. The number of hydrogen-bond acceptors (Lipinski definition) is 4. The summed E-state index contributed by atoms with van der Waals surface area (Å²) < 4.78 is 11.6. The highest BCUT2D eigenvalue weighted by molar-refractivity contribution is 6.71. The molecular weight excluding hydrogens is 326 g/mol. The first kappa shape index (κ1) is 18.7. The molecule has 1 amide bonds. The summed E-state index contributed by atoms with van der Waals surface area (Å²) in [5.41, 5.74) is 0. The van der Waals surface area contributed by atoms with E-state index in [4.69, 9.17) is 20.5 Å². The molecular formula is C13H26ClNO4Si2. The number of hydrogen-bond donors (Lipinski definition) is 0. The Balaban J connectivity index is 2.83. The number of alkyl halides is 1. The van der Waals surface area contributed by atoms with Crippen molar-refractivity contribution in [3.63, 3.8) is 0 Å². The van der Waals surface area contributed by atoms with Crippen LogP contribution in [0.25, 0.3) is 0 Å². The van der Waals surface area contributed by atoms with Gasteiger partial charge in [-0.1, -0.05) is 0 Å². The monoisotopic (exact) mass is 351 g/mol. The van der Waals surface area contributed by atoms with Gasteiger partial charge < -0.3 is 13.8 Å². The van der Waals surface area contributed by atoms with Crippen LogP contribution < -0.4 is 0 Å². The van der Waals surface area contributed by atoms with Crippen LogP contribution in [0.2, 0.25) is 39.3 Å². The van der Waals surface area contributed by atoms with Gasteiger partial charge in [0.25, 0.3) is 0 Å². The Kier molecular flexibility index (Phi) is 6.05. The van der Waals surface area contributed by atoms with Crippen LogP contribution in [0.4, 0.5) is 0 Å². The zero-order chi connectivity index (χ0) is 16.4. The highest BCUT2D eigenvalue weighted by Gasteiger charge is 2.43. The highest BCUT2D eigenvalue weighted by atomic mass is 35.5. The number of carbonyl (C=O) groups is 2. The third kappa shape index (κ3) is 6.09. The summed E-state index contributed by atoms with van der Waals surface area (Å²) in [7, 11) is -3.71. The van der Waals surface area contributed by atoms with Crippen LogP contribution in [0.15, 0.2) is 0 Å². The van der Waals surface area contributed by atoms with E-state index >= 15 is 0 Å². The van der Waals surface area contributed by atoms with Crippen LogP contribution in [-0.2, 0) is 18.4 Å². The second kappa shape index (κ2) is 6.81. The standard InChI is InChI=1S/C13H26ClNO4Si2/c1-20(2,3)18-10-7-11(13(17)19-21(4,5)6)15(9-10)12(16)8-14/h10-11H,7-9H2,1-6H3/t10-,11-/m0/s1. The molecule has 5 nitrogen and oxygen atoms in total. The van der Waals surface area contributed by atoms with Gasteiger partial charge in [0.05, 0.1) is 6.10 Å². The molecule has 0 spiro atoms. The lowest BCUT2D eigenvalue weighted by Crippen LogP contribution is -2.45. The Bertz CT molecular complexity index is 406. The van der Waals surface area contributed by atoms with Gasteiger partial charge in [0.1, 0.15) is 11.9 Å². The van der Waals surface area contributed by atoms with Crippen molar-refractivity contribution in [2.24, 2.45) is 0 Å². The fourth-order valence-electron chi connectivity index (χ4n) is 2.33. The molecule has 1 saturated heterocycles. The predicted molar refractivity (Wildman–Crippen MR) is 88.5 cm³/mol. The van der Waals surface area contributed by atoms with Crippen molar-refractivity contribution in [1.29, 1.82) is 0 Å². The Morgan fingerprint density at radius 3 is 2.14 bits per heavy atom. The van der Waals surface area contributed by atoms with Crippen LogP contribution in [0, 0.1) is 0 Å². The second-order valence-corrected chi connectivity index (χ2v) is 16.5. The average Bonchev–Trinajstić information content (AvgIpc) is 2.67. The summed E-state index contributed by atoms with van der Waals surface area (Å²) in [6, 6.07) is -0.565. The zero-order valence-corrected chi connectivity index (χ0v) is 16.5. The van der Waals surface area contributed by atoms with Crippen molar-refractivity contribution in [1.82, 2.24) is 4.90 Å². The van der Waals surface area contributed by atoms with Crippen LogP contribution in [0.1, 0.15) is 6.42 Å². The van der Waals surface area contributed by atoms with E-state index in [9.17, 15) is 9.59 Å². The number of carbonyl (C=O) groups excluding carboxylic acids is 2. The summed E-state index contributed by atoms with van der Waals surface area (Å²) >= 11 is 5.65. The van der Waals surface area contributed by atoms with E-state index in [2.05, 4.69) is 19.6 Å². The van der Waals surface area contributed by atoms with E-state index in [0.29, 0.717) is 13.0 Å². The Labute approximate surface area is 134 Å². The van der Waals surface area contributed by atoms with Gasteiger partial charge in [-0.2, -0.15) is 0 Å². The molecule has 0 saturated carbocycles. The van der Waals surface area contributed by atoms with E-state index in [1.54, 1.807) is 0 Å². The van der Waals surface area contributed by atoms with Crippen LogP contribution in [0.3, 0.4) is 0 Å². The first-order valence-electron chi connectivity index (χ1n) is 7.19. The molecule has 21 heavy (non-hydrogen) atoms. The maximum absolute atomic E-state index is 12.3. The number of amides is 1. The lowest BCUT2D eigenvalue weighted by atomic mass is 10.2. The SMILES string of the molecule is C[Si](C)(C)OC(=O)[C@@H]1C[C@H](O[Si](C)(C)C)CN1C(=O)CCl. The van der Waals surface area contributed by atoms with Crippen LogP contribution in [0.5, 0.6) is 0 Å². The van der Waals surface area contributed by atoms with Crippen molar-refractivity contribution < 1.29 is 18.4 Å². The van der Waals surface area contributed by atoms with Gasteiger partial charge in [-0.25, -0.2) is 0 Å². The number of likely N-dealkylation sites (tertiary alicyclic amines) is 1. The molecule has 0 aromatic rings.